The second kappa shape index (κ2) is 6.66. The molecule has 1 aliphatic carbocycles. The third kappa shape index (κ3) is 3.68. The zero-order valence-corrected chi connectivity index (χ0v) is 12.6. The number of hydrogen-bond acceptors (Lipinski definition) is 4. The van der Waals surface area contributed by atoms with Crippen molar-refractivity contribution in [3.05, 3.63) is 70.0 Å². The number of rotatable bonds is 6. The van der Waals surface area contributed by atoms with Crippen LogP contribution in [0.1, 0.15) is 24.5 Å². The normalized spacial score (nSPS) is 14.7. The molecule has 2 aromatic rings. The van der Waals surface area contributed by atoms with Gasteiger partial charge in [0, 0.05) is 23.7 Å². The first-order valence-electron chi connectivity index (χ1n) is 7.50. The molecule has 0 aromatic heterocycles. The quantitative estimate of drug-likeness (QED) is 0.652. The second-order valence-electron chi connectivity index (χ2n) is 5.56. The van der Waals surface area contributed by atoms with Gasteiger partial charge in [-0.1, -0.05) is 30.3 Å². The predicted molar refractivity (Wildman–Crippen MR) is 84.0 cm³/mol. The zero-order chi connectivity index (χ0) is 17.1. The number of halogens is 1. The number of nitrogens with one attached hydrogen (secondary N) is 1. The number of amides is 1. The number of benzene rings is 2. The Kier molecular flexibility index (Phi) is 4.41. The Morgan fingerprint density at radius 1 is 1.25 bits per heavy atom. The summed E-state index contributed by atoms with van der Waals surface area (Å²) >= 11 is 0. The molecule has 1 amide bonds. The molecule has 24 heavy (non-hydrogen) atoms. The van der Waals surface area contributed by atoms with Crippen molar-refractivity contribution in [1.29, 1.82) is 0 Å². The lowest BCUT2D eigenvalue weighted by Gasteiger charge is -2.19. The van der Waals surface area contributed by atoms with E-state index >= 15 is 0 Å². The number of nitro benzene ring substituents is 1. The highest BCUT2D eigenvalue weighted by Crippen LogP contribution is 2.32. The average Bonchev–Trinajstić information content (AvgIpc) is 3.37. The van der Waals surface area contributed by atoms with E-state index in [-0.39, 0.29) is 11.8 Å². The van der Waals surface area contributed by atoms with Crippen LogP contribution >= 0.6 is 0 Å². The Balaban J connectivity index is 1.93. The van der Waals surface area contributed by atoms with Crippen molar-refractivity contribution in [3.8, 4) is 5.75 Å². The van der Waals surface area contributed by atoms with Crippen LogP contribution in [0, 0.1) is 15.9 Å². The SMILES string of the molecule is O=C(NC1CC1)[C@@H](Oc1cc(F)ccc1[N+](=O)[O-])c1ccccc1. The minimum Gasteiger partial charge on any atom is -0.468 e. The number of nitrogens with zero attached hydrogens (tertiary/aromatic N) is 1. The summed E-state index contributed by atoms with van der Waals surface area (Å²) in [5, 5.41) is 13.9. The fraction of sp³-hybridized carbons (Fsp3) is 0.235. The molecule has 1 N–H and O–H groups in total. The Morgan fingerprint density at radius 3 is 2.58 bits per heavy atom. The van der Waals surface area contributed by atoms with Gasteiger partial charge in [0.15, 0.2) is 0 Å². The van der Waals surface area contributed by atoms with Crippen LogP contribution in [-0.2, 0) is 4.79 Å². The van der Waals surface area contributed by atoms with Crippen molar-refractivity contribution >= 4 is 11.6 Å². The number of carbonyl (C=O) groups excluding carboxylic acids is 1. The molecule has 1 fully saturated rings. The van der Waals surface area contributed by atoms with Gasteiger partial charge in [0.05, 0.1) is 4.92 Å². The maximum atomic E-state index is 13.5. The third-order valence-corrected chi connectivity index (χ3v) is 3.63. The van der Waals surface area contributed by atoms with Gasteiger partial charge < -0.3 is 10.1 Å². The summed E-state index contributed by atoms with van der Waals surface area (Å²) in [5.74, 6) is -1.35. The number of carbonyl (C=O) groups is 1. The van der Waals surface area contributed by atoms with E-state index in [1.54, 1.807) is 30.3 Å². The monoisotopic (exact) mass is 330 g/mol. The first-order valence-corrected chi connectivity index (χ1v) is 7.50. The summed E-state index contributed by atoms with van der Waals surface area (Å²) in [6, 6.07) is 11.6. The van der Waals surface area contributed by atoms with Crippen LogP contribution in [0.2, 0.25) is 0 Å². The molecule has 0 unspecified atom stereocenters. The molecule has 1 atom stereocenters. The van der Waals surface area contributed by atoms with Gasteiger partial charge in [0.1, 0.15) is 5.82 Å². The molecule has 0 radical (unpaired) electrons. The fourth-order valence-electron chi connectivity index (χ4n) is 2.27. The molecular weight excluding hydrogens is 315 g/mol. The van der Waals surface area contributed by atoms with Crippen molar-refractivity contribution in [2.75, 3.05) is 0 Å². The van der Waals surface area contributed by atoms with Crippen LogP contribution in [-0.4, -0.2) is 16.9 Å². The van der Waals surface area contributed by atoms with Crippen molar-refractivity contribution in [2.24, 2.45) is 0 Å². The third-order valence-electron chi connectivity index (χ3n) is 3.63. The lowest BCUT2D eigenvalue weighted by molar-refractivity contribution is -0.386. The highest BCUT2D eigenvalue weighted by molar-refractivity contribution is 5.83. The van der Waals surface area contributed by atoms with Gasteiger partial charge in [-0.15, -0.1) is 0 Å². The molecule has 3 rings (SSSR count). The topological polar surface area (TPSA) is 81.5 Å². The molecule has 6 nitrogen and oxygen atoms in total. The number of ether oxygens (including phenoxy) is 1. The van der Waals surface area contributed by atoms with E-state index in [1.165, 1.54) is 0 Å². The maximum absolute atomic E-state index is 13.5. The summed E-state index contributed by atoms with van der Waals surface area (Å²) in [5.41, 5.74) is 0.144. The molecule has 0 spiro atoms. The van der Waals surface area contributed by atoms with Crippen LogP contribution in [0.4, 0.5) is 10.1 Å². The number of hydrogen-bond donors (Lipinski definition) is 1. The van der Waals surface area contributed by atoms with Gasteiger partial charge in [-0.2, -0.15) is 0 Å². The molecule has 0 bridgehead atoms. The van der Waals surface area contributed by atoms with E-state index in [1.807, 2.05) is 0 Å². The lowest BCUT2D eigenvalue weighted by atomic mass is 10.1. The summed E-state index contributed by atoms with van der Waals surface area (Å²) in [4.78, 5) is 22.9. The van der Waals surface area contributed by atoms with Gasteiger partial charge in [-0.05, 0) is 18.9 Å². The molecule has 0 saturated heterocycles. The standard InChI is InChI=1S/C17H15FN2O4/c18-12-6-9-14(20(22)23)15(10-12)24-16(11-4-2-1-3-5-11)17(21)19-13-7-8-13/h1-6,9-10,13,16H,7-8H2,(H,19,21)/t16-/m0/s1. The Bertz CT molecular complexity index is 762. The fourth-order valence-corrected chi connectivity index (χ4v) is 2.27. The predicted octanol–water partition coefficient (Wildman–Crippen LogP) is 3.13. The molecule has 7 heteroatoms. The van der Waals surface area contributed by atoms with Crippen molar-refractivity contribution < 1.29 is 18.8 Å². The molecule has 0 aliphatic heterocycles. The minimum absolute atomic E-state index is 0.106. The molecule has 124 valence electrons. The van der Waals surface area contributed by atoms with Crippen LogP contribution < -0.4 is 10.1 Å². The van der Waals surface area contributed by atoms with Crippen LogP contribution in [0.15, 0.2) is 48.5 Å². The van der Waals surface area contributed by atoms with E-state index in [9.17, 15) is 19.3 Å². The first kappa shape index (κ1) is 15.9. The lowest BCUT2D eigenvalue weighted by Crippen LogP contribution is -2.34. The Hall–Kier alpha value is -2.96. The number of nitro groups is 1. The zero-order valence-electron chi connectivity index (χ0n) is 12.6. The van der Waals surface area contributed by atoms with Crippen molar-refractivity contribution in [1.82, 2.24) is 5.32 Å². The molecular formula is C17H15FN2O4. The molecule has 1 aliphatic rings. The Labute approximate surface area is 137 Å². The molecule has 0 heterocycles. The minimum atomic E-state index is -1.09. The van der Waals surface area contributed by atoms with Gasteiger partial charge in [0.2, 0.25) is 11.9 Å². The van der Waals surface area contributed by atoms with Crippen molar-refractivity contribution in [2.45, 2.75) is 25.0 Å². The van der Waals surface area contributed by atoms with E-state index in [2.05, 4.69) is 5.32 Å². The van der Waals surface area contributed by atoms with Gasteiger partial charge in [-0.3, -0.25) is 14.9 Å². The average molecular weight is 330 g/mol. The molecule has 2 aromatic carbocycles. The first-order chi connectivity index (χ1) is 11.5. The van der Waals surface area contributed by atoms with Crippen molar-refractivity contribution in [3.63, 3.8) is 0 Å². The van der Waals surface area contributed by atoms with E-state index < -0.39 is 28.4 Å². The highest BCUT2D eigenvalue weighted by atomic mass is 19.1. The van der Waals surface area contributed by atoms with E-state index in [0.717, 1.165) is 31.0 Å². The summed E-state index contributed by atoms with van der Waals surface area (Å²) < 4.78 is 19.1. The van der Waals surface area contributed by atoms with Crippen LogP contribution in [0.25, 0.3) is 0 Å². The van der Waals surface area contributed by atoms with Gasteiger partial charge in [-0.25, -0.2) is 4.39 Å². The van der Waals surface area contributed by atoms with Gasteiger partial charge >= 0.3 is 5.69 Å². The summed E-state index contributed by atoms with van der Waals surface area (Å²) in [6.07, 6.45) is 0.702. The Morgan fingerprint density at radius 2 is 1.96 bits per heavy atom. The summed E-state index contributed by atoms with van der Waals surface area (Å²) in [6.45, 7) is 0. The molecule has 1 saturated carbocycles. The second-order valence-corrected chi connectivity index (χ2v) is 5.56. The van der Waals surface area contributed by atoms with E-state index in [4.69, 9.17) is 4.74 Å². The maximum Gasteiger partial charge on any atom is 0.311 e. The van der Waals surface area contributed by atoms with Crippen LogP contribution in [0.5, 0.6) is 5.75 Å². The van der Waals surface area contributed by atoms with Gasteiger partial charge in [0.25, 0.3) is 5.91 Å². The largest absolute Gasteiger partial charge is 0.468 e. The summed E-state index contributed by atoms with van der Waals surface area (Å²) in [7, 11) is 0. The smallest absolute Gasteiger partial charge is 0.311 e. The highest BCUT2D eigenvalue weighted by Gasteiger charge is 2.31. The van der Waals surface area contributed by atoms with Crippen LogP contribution in [0.3, 0.4) is 0 Å². The van der Waals surface area contributed by atoms with E-state index in [0.29, 0.717) is 5.56 Å².